The maximum atomic E-state index is 12.7. The fraction of sp³-hybridized carbons (Fsp3) is 0.556. The van der Waals surface area contributed by atoms with E-state index >= 15 is 0 Å². The summed E-state index contributed by atoms with van der Waals surface area (Å²) in [6.07, 6.45) is 1.51. The fourth-order valence-electron chi connectivity index (χ4n) is 3.29. The molecular weight excluding hydrogens is 372 g/mol. The monoisotopic (exact) mass is 394 g/mol. The summed E-state index contributed by atoms with van der Waals surface area (Å²) >= 11 is 3.42. The average Bonchev–Trinajstić information content (AvgIpc) is 2.83. The number of hydrogen-bond donors (Lipinski definition) is 0. The number of piperidine rings is 1. The second-order valence-electron chi connectivity index (χ2n) is 7.46. The van der Waals surface area contributed by atoms with Crippen LogP contribution in [-0.4, -0.2) is 46.5 Å². The third kappa shape index (κ3) is 3.58. The molecule has 0 aliphatic carbocycles. The molecule has 0 N–H and O–H groups in total. The van der Waals surface area contributed by atoms with Crippen LogP contribution in [0.15, 0.2) is 22.7 Å². The maximum Gasteiger partial charge on any atom is 0.410 e. The third-order valence-corrected chi connectivity index (χ3v) is 4.89. The Labute approximate surface area is 151 Å². The summed E-state index contributed by atoms with van der Waals surface area (Å²) in [5.41, 5.74) is 1.31. The quantitative estimate of drug-likeness (QED) is 0.727. The smallest absolute Gasteiger partial charge is 0.410 e. The first-order chi connectivity index (χ1) is 11.2. The van der Waals surface area contributed by atoms with Gasteiger partial charge in [-0.05, 0) is 51.3 Å². The largest absolute Gasteiger partial charge is 0.444 e. The fourth-order valence-corrected chi connectivity index (χ4v) is 3.65. The van der Waals surface area contributed by atoms with Gasteiger partial charge in [0.1, 0.15) is 5.60 Å². The van der Waals surface area contributed by atoms with Gasteiger partial charge in [-0.1, -0.05) is 22.0 Å². The van der Waals surface area contributed by atoms with Gasteiger partial charge in [0.15, 0.2) is 0 Å². The van der Waals surface area contributed by atoms with Crippen LogP contribution in [0, 0.1) is 0 Å². The highest BCUT2D eigenvalue weighted by atomic mass is 79.9. The van der Waals surface area contributed by atoms with Crippen molar-refractivity contribution < 1.29 is 14.3 Å². The van der Waals surface area contributed by atoms with Crippen molar-refractivity contribution in [3.05, 3.63) is 33.8 Å². The van der Waals surface area contributed by atoms with E-state index in [1.807, 2.05) is 43.9 Å². The average molecular weight is 395 g/mol. The lowest BCUT2D eigenvalue weighted by Crippen LogP contribution is -2.50. The van der Waals surface area contributed by atoms with E-state index in [0.29, 0.717) is 19.6 Å². The van der Waals surface area contributed by atoms with Crippen LogP contribution in [0.5, 0.6) is 0 Å². The van der Waals surface area contributed by atoms with Gasteiger partial charge in [0.2, 0.25) is 0 Å². The summed E-state index contributed by atoms with van der Waals surface area (Å²) < 4.78 is 6.38. The molecule has 1 fully saturated rings. The van der Waals surface area contributed by atoms with Gasteiger partial charge in [-0.3, -0.25) is 4.79 Å². The van der Waals surface area contributed by atoms with Gasteiger partial charge in [-0.25, -0.2) is 4.79 Å². The molecule has 0 saturated carbocycles. The third-order valence-electron chi connectivity index (χ3n) is 4.39. The molecule has 1 atom stereocenters. The predicted octanol–water partition coefficient (Wildman–Crippen LogP) is 3.80. The van der Waals surface area contributed by atoms with Crippen molar-refractivity contribution in [2.24, 2.45) is 0 Å². The van der Waals surface area contributed by atoms with E-state index in [1.54, 1.807) is 4.90 Å². The number of amides is 2. The highest BCUT2D eigenvalue weighted by Gasteiger charge is 2.36. The Hall–Kier alpha value is -1.56. The van der Waals surface area contributed by atoms with Crippen molar-refractivity contribution in [2.45, 2.75) is 51.8 Å². The van der Waals surface area contributed by atoms with Gasteiger partial charge in [0, 0.05) is 29.7 Å². The maximum absolute atomic E-state index is 12.7. The minimum absolute atomic E-state index is 0.0462. The predicted molar refractivity (Wildman–Crippen MR) is 94.8 cm³/mol. The van der Waals surface area contributed by atoms with Crippen molar-refractivity contribution in [3.8, 4) is 0 Å². The lowest BCUT2D eigenvalue weighted by Gasteiger charge is -2.38. The Balaban J connectivity index is 1.70. The summed E-state index contributed by atoms with van der Waals surface area (Å²) in [7, 11) is 0. The summed E-state index contributed by atoms with van der Waals surface area (Å²) in [5.74, 6) is 0.0577. The number of rotatable bonds is 1. The van der Waals surface area contributed by atoms with Crippen LogP contribution in [-0.2, 0) is 11.3 Å². The van der Waals surface area contributed by atoms with Crippen LogP contribution < -0.4 is 0 Å². The molecule has 1 saturated heterocycles. The van der Waals surface area contributed by atoms with Crippen molar-refractivity contribution in [1.82, 2.24) is 9.80 Å². The van der Waals surface area contributed by atoms with E-state index in [4.69, 9.17) is 4.74 Å². The van der Waals surface area contributed by atoms with Gasteiger partial charge in [0.05, 0.1) is 6.04 Å². The minimum atomic E-state index is -0.504. The summed E-state index contributed by atoms with van der Waals surface area (Å²) in [4.78, 5) is 28.7. The molecule has 2 aliphatic rings. The number of nitrogens with zero attached hydrogens (tertiary/aromatic N) is 2. The van der Waals surface area contributed by atoms with E-state index in [1.165, 1.54) is 0 Å². The SMILES string of the molecule is CC(C)(C)OC(=O)N1CCCC(N2Cc3ccc(Br)cc3C2=O)C1. The van der Waals surface area contributed by atoms with Crippen molar-refractivity contribution >= 4 is 27.9 Å². The molecule has 24 heavy (non-hydrogen) atoms. The number of carbonyl (C=O) groups is 2. The molecule has 1 unspecified atom stereocenters. The zero-order chi connectivity index (χ0) is 17.5. The number of ether oxygens (including phenoxy) is 1. The molecule has 130 valence electrons. The van der Waals surface area contributed by atoms with Crippen molar-refractivity contribution in [1.29, 1.82) is 0 Å². The molecule has 0 bridgehead atoms. The summed E-state index contributed by atoms with van der Waals surface area (Å²) in [6.45, 7) is 7.44. The Morgan fingerprint density at radius 3 is 2.79 bits per heavy atom. The highest BCUT2D eigenvalue weighted by molar-refractivity contribution is 9.10. The lowest BCUT2D eigenvalue weighted by molar-refractivity contribution is 0.0106. The number of carbonyl (C=O) groups excluding carboxylic acids is 2. The summed E-state index contributed by atoms with van der Waals surface area (Å²) in [6, 6.07) is 5.88. The summed E-state index contributed by atoms with van der Waals surface area (Å²) in [5, 5.41) is 0. The Morgan fingerprint density at radius 1 is 1.33 bits per heavy atom. The number of hydrogen-bond acceptors (Lipinski definition) is 3. The van der Waals surface area contributed by atoms with Gasteiger partial charge < -0.3 is 14.5 Å². The van der Waals surface area contributed by atoms with E-state index in [9.17, 15) is 9.59 Å². The Bertz CT molecular complexity index is 669. The molecule has 0 radical (unpaired) electrons. The van der Waals surface area contributed by atoms with Crippen LogP contribution in [0.3, 0.4) is 0 Å². The molecular formula is C18H23BrN2O3. The van der Waals surface area contributed by atoms with E-state index in [-0.39, 0.29) is 18.0 Å². The van der Waals surface area contributed by atoms with Gasteiger partial charge in [0.25, 0.3) is 5.91 Å². The first kappa shape index (κ1) is 17.3. The zero-order valence-electron chi connectivity index (χ0n) is 14.3. The van der Waals surface area contributed by atoms with E-state index in [2.05, 4.69) is 15.9 Å². The molecule has 2 amide bonds. The number of fused-ring (bicyclic) bond motifs is 1. The normalized spacial score (nSPS) is 21.0. The first-order valence-electron chi connectivity index (χ1n) is 8.32. The number of halogens is 1. The van der Waals surface area contributed by atoms with E-state index in [0.717, 1.165) is 28.4 Å². The van der Waals surface area contributed by atoms with Crippen LogP contribution in [0.4, 0.5) is 4.79 Å². The van der Waals surface area contributed by atoms with E-state index < -0.39 is 5.60 Å². The highest BCUT2D eigenvalue weighted by Crippen LogP contribution is 2.30. The molecule has 2 heterocycles. The van der Waals surface area contributed by atoms with Gasteiger partial charge in [-0.15, -0.1) is 0 Å². The minimum Gasteiger partial charge on any atom is -0.444 e. The van der Waals surface area contributed by atoms with Crippen LogP contribution in [0.1, 0.15) is 49.5 Å². The van der Waals surface area contributed by atoms with Crippen LogP contribution >= 0.6 is 15.9 Å². The number of likely N-dealkylation sites (tertiary alicyclic amines) is 1. The Morgan fingerprint density at radius 2 is 2.08 bits per heavy atom. The standard InChI is InChI=1S/C18H23BrN2O3/c1-18(2,3)24-17(23)20-8-4-5-14(11-20)21-10-12-6-7-13(19)9-15(12)16(21)22/h6-7,9,14H,4-5,8,10-11H2,1-3H3. The Kier molecular flexibility index (Phi) is 4.60. The molecule has 0 spiro atoms. The van der Waals surface area contributed by atoms with Gasteiger partial charge >= 0.3 is 6.09 Å². The topological polar surface area (TPSA) is 49.9 Å². The molecule has 2 aliphatic heterocycles. The molecule has 1 aromatic rings. The molecule has 1 aromatic carbocycles. The van der Waals surface area contributed by atoms with Crippen molar-refractivity contribution in [3.63, 3.8) is 0 Å². The molecule has 6 heteroatoms. The second kappa shape index (κ2) is 6.39. The molecule has 3 rings (SSSR count). The molecule has 5 nitrogen and oxygen atoms in total. The zero-order valence-corrected chi connectivity index (χ0v) is 15.9. The first-order valence-corrected chi connectivity index (χ1v) is 9.11. The van der Waals surface area contributed by atoms with Gasteiger partial charge in [-0.2, -0.15) is 0 Å². The van der Waals surface area contributed by atoms with Crippen LogP contribution in [0.25, 0.3) is 0 Å². The lowest BCUT2D eigenvalue weighted by atomic mass is 10.0. The second-order valence-corrected chi connectivity index (χ2v) is 8.37. The van der Waals surface area contributed by atoms with Crippen molar-refractivity contribution in [2.75, 3.05) is 13.1 Å². The molecule has 0 aromatic heterocycles. The number of benzene rings is 1. The van der Waals surface area contributed by atoms with Crippen LogP contribution in [0.2, 0.25) is 0 Å².